The third-order valence-corrected chi connectivity index (χ3v) is 4.67. The molecule has 1 fully saturated rings. The summed E-state index contributed by atoms with van der Waals surface area (Å²) in [6, 6.07) is 9.01. The lowest BCUT2D eigenvalue weighted by molar-refractivity contribution is 0.102. The van der Waals surface area contributed by atoms with Crippen molar-refractivity contribution < 1.29 is 4.79 Å². The molecule has 1 aliphatic heterocycles. The van der Waals surface area contributed by atoms with E-state index in [0.717, 1.165) is 23.4 Å². The van der Waals surface area contributed by atoms with Crippen LogP contribution >= 0.6 is 27.5 Å². The van der Waals surface area contributed by atoms with E-state index in [-0.39, 0.29) is 5.91 Å². The molecule has 1 amide bonds. The van der Waals surface area contributed by atoms with Gasteiger partial charge in [0.2, 0.25) is 0 Å². The highest BCUT2D eigenvalue weighted by molar-refractivity contribution is 9.10. The lowest BCUT2D eigenvalue weighted by Crippen LogP contribution is -2.30. The maximum absolute atomic E-state index is 12.3. The number of nitrogens with one attached hydrogen (secondary N) is 1. The predicted molar refractivity (Wildman–Crippen MR) is 97.4 cm³/mol. The number of hydrogen-bond acceptors (Lipinski definition) is 3. The monoisotopic (exact) mass is 393 g/mol. The lowest BCUT2D eigenvalue weighted by atomic mass is 10.1. The van der Waals surface area contributed by atoms with E-state index in [9.17, 15) is 4.79 Å². The molecule has 0 spiro atoms. The lowest BCUT2D eigenvalue weighted by Gasteiger charge is -2.27. The number of aromatic nitrogens is 1. The van der Waals surface area contributed by atoms with Crippen LogP contribution in [0.25, 0.3) is 0 Å². The second-order valence-electron chi connectivity index (χ2n) is 5.53. The summed E-state index contributed by atoms with van der Waals surface area (Å²) in [5.41, 5.74) is 1.10. The number of nitrogens with zero attached hydrogens (tertiary/aromatic N) is 2. The summed E-state index contributed by atoms with van der Waals surface area (Å²) in [5.74, 6) is 0.722. The number of amides is 1. The first-order chi connectivity index (χ1) is 11.1. The summed E-state index contributed by atoms with van der Waals surface area (Å²) in [5, 5.41) is 3.24. The minimum absolute atomic E-state index is 0.241. The number of benzene rings is 1. The summed E-state index contributed by atoms with van der Waals surface area (Å²) in [6.07, 6.45) is 5.40. The summed E-state index contributed by atoms with van der Waals surface area (Å²) in [7, 11) is 0. The zero-order valence-electron chi connectivity index (χ0n) is 12.6. The van der Waals surface area contributed by atoms with E-state index < -0.39 is 0 Å². The molecule has 2 heterocycles. The number of carbonyl (C=O) groups is 1. The first kappa shape index (κ1) is 16.3. The molecule has 0 atom stereocenters. The minimum atomic E-state index is -0.241. The molecule has 0 unspecified atom stereocenters. The summed E-state index contributed by atoms with van der Waals surface area (Å²) >= 11 is 9.43. The van der Waals surface area contributed by atoms with E-state index in [1.165, 1.54) is 19.3 Å². The van der Waals surface area contributed by atoms with Crippen LogP contribution in [0.1, 0.15) is 29.6 Å². The SMILES string of the molecule is O=C(Nc1ccc(N2CCCCC2)nc1)c1ccc(Br)cc1Cl. The normalized spacial score (nSPS) is 14.6. The summed E-state index contributed by atoms with van der Waals surface area (Å²) in [4.78, 5) is 19.0. The molecule has 0 saturated carbocycles. The fraction of sp³-hybridized carbons (Fsp3) is 0.294. The van der Waals surface area contributed by atoms with Crippen LogP contribution in [0.3, 0.4) is 0 Å². The number of anilines is 2. The quantitative estimate of drug-likeness (QED) is 0.818. The second-order valence-corrected chi connectivity index (χ2v) is 6.85. The van der Waals surface area contributed by atoms with Crippen LogP contribution < -0.4 is 10.2 Å². The standard InChI is InChI=1S/C17H17BrClN3O/c18-12-4-6-14(15(19)10-12)17(23)21-13-5-7-16(20-11-13)22-8-2-1-3-9-22/h4-7,10-11H,1-3,8-9H2,(H,21,23). The Kier molecular flexibility index (Phi) is 5.18. The second kappa shape index (κ2) is 7.32. The number of piperidine rings is 1. The minimum Gasteiger partial charge on any atom is -0.357 e. The van der Waals surface area contributed by atoms with Gasteiger partial charge in [0.1, 0.15) is 5.82 Å². The Bertz CT molecular complexity index is 699. The molecule has 1 aromatic heterocycles. The zero-order valence-corrected chi connectivity index (χ0v) is 14.9. The highest BCUT2D eigenvalue weighted by Gasteiger charge is 2.13. The largest absolute Gasteiger partial charge is 0.357 e. The molecule has 23 heavy (non-hydrogen) atoms. The van der Waals surface area contributed by atoms with Gasteiger partial charge in [-0.3, -0.25) is 4.79 Å². The van der Waals surface area contributed by atoms with E-state index >= 15 is 0 Å². The van der Waals surface area contributed by atoms with Crippen LogP contribution in [0.2, 0.25) is 5.02 Å². The first-order valence-electron chi connectivity index (χ1n) is 7.61. The van der Waals surface area contributed by atoms with E-state index in [1.54, 1.807) is 24.4 Å². The van der Waals surface area contributed by atoms with Crippen molar-refractivity contribution in [2.45, 2.75) is 19.3 Å². The Balaban J connectivity index is 1.69. The van der Waals surface area contributed by atoms with Gasteiger partial charge in [-0.1, -0.05) is 27.5 Å². The van der Waals surface area contributed by atoms with Gasteiger partial charge in [-0.25, -0.2) is 4.98 Å². The van der Waals surface area contributed by atoms with Crippen molar-refractivity contribution in [3.63, 3.8) is 0 Å². The molecule has 1 N–H and O–H groups in total. The molecule has 1 aliphatic rings. The van der Waals surface area contributed by atoms with Gasteiger partial charge >= 0.3 is 0 Å². The average molecular weight is 395 g/mol. The Labute approximate surface area is 149 Å². The summed E-state index contributed by atoms with van der Waals surface area (Å²) < 4.78 is 0.839. The third-order valence-electron chi connectivity index (χ3n) is 3.86. The van der Waals surface area contributed by atoms with Crippen molar-refractivity contribution in [2.24, 2.45) is 0 Å². The van der Waals surface area contributed by atoms with Crippen molar-refractivity contribution in [1.82, 2.24) is 4.98 Å². The van der Waals surface area contributed by atoms with E-state index in [2.05, 4.69) is 31.1 Å². The average Bonchev–Trinajstić information content (AvgIpc) is 2.56. The van der Waals surface area contributed by atoms with Gasteiger partial charge < -0.3 is 10.2 Å². The van der Waals surface area contributed by atoms with Gasteiger partial charge in [0, 0.05) is 17.6 Å². The van der Waals surface area contributed by atoms with Gasteiger partial charge in [0.15, 0.2) is 0 Å². The highest BCUT2D eigenvalue weighted by atomic mass is 79.9. The molecular weight excluding hydrogens is 378 g/mol. The number of rotatable bonds is 3. The Morgan fingerprint density at radius 3 is 2.61 bits per heavy atom. The maximum Gasteiger partial charge on any atom is 0.257 e. The van der Waals surface area contributed by atoms with Gasteiger partial charge in [-0.05, 0) is 49.6 Å². The maximum atomic E-state index is 12.3. The Morgan fingerprint density at radius 2 is 1.96 bits per heavy atom. The Morgan fingerprint density at radius 1 is 1.17 bits per heavy atom. The van der Waals surface area contributed by atoms with Gasteiger partial charge in [0.25, 0.3) is 5.91 Å². The number of hydrogen-bond donors (Lipinski definition) is 1. The van der Waals surface area contributed by atoms with Crippen LogP contribution in [0.4, 0.5) is 11.5 Å². The molecule has 0 bridgehead atoms. The van der Waals surface area contributed by atoms with Crippen LogP contribution in [-0.2, 0) is 0 Å². The molecular formula is C17H17BrClN3O. The van der Waals surface area contributed by atoms with E-state index in [1.807, 2.05) is 12.1 Å². The molecule has 1 saturated heterocycles. The predicted octanol–water partition coefficient (Wildman–Crippen LogP) is 4.74. The highest BCUT2D eigenvalue weighted by Crippen LogP contribution is 2.23. The van der Waals surface area contributed by atoms with Crippen molar-refractivity contribution in [2.75, 3.05) is 23.3 Å². The fourth-order valence-corrected chi connectivity index (χ4v) is 3.40. The van der Waals surface area contributed by atoms with Crippen LogP contribution in [0, 0.1) is 0 Å². The molecule has 0 aliphatic carbocycles. The molecule has 0 radical (unpaired) electrons. The molecule has 3 rings (SSSR count). The molecule has 120 valence electrons. The van der Waals surface area contributed by atoms with Crippen molar-refractivity contribution in [1.29, 1.82) is 0 Å². The third kappa shape index (κ3) is 4.03. The van der Waals surface area contributed by atoms with Gasteiger partial charge in [-0.15, -0.1) is 0 Å². The molecule has 2 aromatic rings. The van der Waals surface area contributed by atoms with Crippen molar-refractivity contribution >= 4 is 44.9 Å². The first-order valence-corrected chi connectivity index (χ1v) is 8.78. The van der Waals surface area contributed by atoms with E-state index in [0.29, 0.717) is 16.3 Å². The van der Waals surface area contributed by atoms with Crippen LogP contribution in [0.5, 0.6) is 0 Å². The number of carbonyl (C=O) groups excluding carboxylic acids is 1. The number of halogens is 2. The summed E-state index contributed by atoms with van der Waals surface area (Å²) in [6.45, 7) is 2.10. The Hall–Kier alpha value is -1.59. The fourth-order valence-electron chi connectivity index (χ4n) is 2.64. The number of pyridine rings is 1. The van der Waals surface area contributed by atoms with Gasteiger partial charge in [-0.2, -0.15) is 0 Å². The van der Waals surface area contributed by atoms with E-state index in [4.69, 9.17) is 11.6 Å². The molecule has 1 aromatic carbocycles. The molecule has 6 heteroatoms. The molecule has 4 nitrogen and oxygen atoms in total. The van der Waals surface area contributed by atoms with Crippen molar-refractivity contribution in [3.8, 4) is 0 Å². The van der Waals surface area contributed by atoms with Crippen molar-refractivity contribution in [3.05, 3.63) is 51.6 Å². The van der Waals surface area contributed by atoms with Crippen LogP contribution in [0.15, 0.2) is 41.0 Å². The van der Waals surface area contributed by atoms with Crippen LogP contribution in [-0.4, -0.2) is 24.0 Å². The zero-order chi connectivity index (χ0) is 16.2. The van der Waals surface area contributed by atoms with Gasteiger partial charge in [0.05, 0.1) is 22.5 Å². The topological polar surface area (TPSA) is 45.2 Å². The smallest absolute Gasteiger partial charge is 0.257 e.